The number of hydrogen-bond acceptors (Lipinski definition) is 4. The van der Waals surface area contributed by atoms with E-state index in [9.17, 15) is 9.18 Å². The second kappa shape index (κ2) is 6.38. The van der Waals surface area contributed by atoms with E-state index in [2.05, 4.69) is 4.98 Å². The average molecular weight is 379 g/mol. The molecule has 6 nitrogen and oxygen atoms in total. The van der Waals surface area contributed by atoms with Crippen LogP contribution in [0.4, 0.5) is 4.39 Å². The van der Waals surface area contributed by atoms with Gasteiger partial charge in [-0.25, -0.2) is 13.9 Å². The highest BCUT2D eigenvalue weighted by Gasteiger charge is 2.43. The van der Waals surface area contributed by atoms with Crippen molar-refractivity contribution in [2.75, 3.05) is 20.6 Å². The fraction of sp³-hybridized carbons (Fsp3) is 0.381. The van der Waals surface area contributed by atoms with Gasteiger partial charge in [0.15, 0.2) is 5.65 Å². The van der Waals surface area contributed by atoms with Crippen molar-refractivity contribution >= 4 is 11.6 Å². The molecule has 1 amide bonds. The lowest BCUT2D eigenvalue weighted by Crippen LogP contribution is -2.46. The molecule has 1 fully saturated rings. The van der Waals surface area contributed by atoms with Crippen LogP contribution < -0.4 is 0 Å². The second-order valence-corrected chi connectivity index (χ2v) is 7.96. The lowest BCUT2D eigenvalue weighted by atomic mass is 9.99. The molecular formula is C21H22FN5O. The summed E-state index contributed by atoms with van der Waals surface area (Å²) in [6.45, 7) is 0.420. The Kier molecular flexibility index (Phi) is 3.94. The van der Waals surface area contributed by atoms with Gasteiger partial charge in [-0.3, -0.25) is 4.79 Å². The van der Waals surface area contributed by atoms with Crippen LogP contribution in [-0.4, -0.2) is 57.0 Å². The number of likely N-dealkylation sites (N-methyl/N-ethyl adjacent to an activating group) is 1. The minimum absolute atomic E-state index is 0.0694. The maximum Gasteiger partial charge on any atom is 0.237 e. The largest absolute Gasteiger partial charge is 0.331 e. The van der Waals surface area contributed by atoms with Crippen molar-refractivity contribution in [2.24, 2.45) is 0 Å². The van der Waals surface area contributed by atoms with Gasteiger partial charge in [-0.05, 0) is 39.1 Å². The Balaban J connectivity index is 1.56. The van der Waals surface area contributed by atoms with E-state index >= 15 is 0 Å². The molecule has 28 heavy (non-hydrogen) atoms. The topological polar surface area (TPSA) is 53.7 Å². The van der Waals surface area contributed by atoms with Gasteiger partial charge in [0.25, 0.3) is 0 Å². The quantitative estimate of drug-likeness (QED) is 0.702. The highest BCUT2D eigenvalue weighted by molar-refractivity contribution is 5.80. The summed E-state index contributed by atoms with van der Waals surface area (Å²) < 4.78 is 15.5. The maximum atomic E-state index is 13.6. The number of amides is 1. The minimum atomic E-state index is -0.280. The first-order valence-corrected chi connectivity index (χ1v) is 9.60. The van der Waals surface area contributed by atoms with Crippen LogP contribution in [-0.2, 0) is 11.2 Å². The molecule has 2 aliphatic rings. The molecule has 0 radical (unpaired) electrons. The zero-order valence-electron chi connectivity index (χ0n) is 16.0. The number of nitrogens with zero attached hydrogens (tertiary/aromatic N) is 5. The van der Waals surface area contributed by atoms with Gasteiger partial charge in [0.1, 0.15) is 5.82 Å². The Hall–Kier alpha value is -2.80. The minimum Gasteiger partial charge on any atom is -0.331 e. The van der Waals surface area contributed by atoms with E-state index in [1.165, 1.54) is 12.1 Å². The first-order chi connectivity index (χ1) is 13.5. The third-order valence-electron chi connectivity index (χ3n) is 5.77. The molecule has 4 heterocycles. The molecule has 0 N–H and O–H groups in total. The normalized spacial score (nSPS) is 20.8. The summed E-state index contributed by atoms with van der Waals surface area (Å²) in [7, 11) is 3.83. The Morgan fingerprint density at radius 2 is 2.14 bits per heavy atom. The third-order valence-corrected chi connectivity index (χ3v) is 5.77. The second-order valence-electron chi connectivity index (χ2n) is 7.96. The Labute approximate surface area is 162 Å². The average Bonchev–Trinajstić information content (AvgIpc) is 3.22. The molecule has 2 aliphatic heterocycles. The summed E-state index contributed by atoms with van der Waals surface area (Å²) in [6, 6.07) is 8.61. The van der Waals surface area contributed by atoms with E-state index in [1.54, 1.807) is 6.07 Å². The Morgan fingerprint density at radius 1 is 1.29 bits per heavy atom. The van der Waals surface area contributed by atoms with Crippen molar-refractivity contribution in [1.82, 2.24) is 24.4 Å². The molecule has 144 valence electrons. The van der Waals surface area contributed by atoms with Crippen molar-refractivity contribution in [3.8, 4) is 11.3 Å². The zero-order chi connectivity index (χ0) is 19.4. The number of hydrogen-bond donors (Lipinski definition) is 0. The van der Waals surface area contributed by atoms with Crippen LogP contribution in [0.5, 0.6) is 0 Å². The summed E-state index contributed by atoms with van der Waals surface area (Å²) >= 11 is 0. The van der Waals surface area contributed by atoms with Crippen molar-refractivity contribution in [3.05, 3.63) is 53.6 Å². The van der Waals surface area contributed by atoms with E-state index in [1.807, 2.05) is 46.7 Å². The highest BCUT2D eigenvalue weighted by atomic mass is 19.1. The molecule has 1 aromatic carbocycles. The predicted octanol–water partition coefficient (Wildman–Crippen LogP) is 2.69. The molecule has 7 heteroatoms. The van der Waals surface area contributed by atoms with Gasteiger partial charge >= 0.3 is 0 Å². The van der Waals surface area contributed by atoms with Crippen LogP contribution in [0.15, 0.2) is 36.5 Å². The first-order valence-electron chi connectivity index (χ1n) is 9.60. The van der Waals surface area contributed by atoms with Gasteiger partial charge in [0.05, 0.1) is 24.0 Å². The van der Waals surface area contributed by atoms with E-state index in [-0.39, 0.29) is 23.8 Å². The smallest absolute Gasteiger partial charge is 0.237 e. The van der Waals surface area contributed by atoms with Crippen LogP contribution in [0.25, 0.3) is 16.9 Å². The van der Waals surface area contributed by atoms with Crippen LogP contribution in [0.1, 0.15) is 30.1 Å². The SMILES string of the molecule is CN(C)CC(=O)N1[C@H]2CC[C@@H]1c1cnc3cc(-c4cccc(F)c4)nn3c1C2. The summed E-state index contributed by atoms with van der Waals surface area (Å²) in [6.07, 6.45) is 4.62. The molecule has 0 aliphatic carbocycles. The first kappa shape index (κ1) is 17.3. The number of aromatic nitrogens is 3. The monoisotopic (exact) mass is 379 g/mol. The van der Waals surface area contributed by atoms with Crippen LogP contribution in [0, 0.1) is 5.82 Å². The molecule has 2 bridgehead atoms. The predicted molar refractivity (Wildman–Crippen MR) is 103 cm³/mol. The summed E-state index contributed by atoms with van der Waals surface area (Å²) in [5.41, 5.74) is 4.40. The number of rotatable bonds is 3. The third kappa shape index (κ3) is 2.69. The van der Waals surface area contributed by atoms with E-state index in [4.69, 9.17) is 5.10 Å². The van der Waals surface area contributed by atoms with Gasteiger partial charge in [0, 0.05) is 35.9 Å². The lowest BCUT2D eigenvalue weighted by molar-refractivity contribution is -0.135. The van der Waals surface area contributed by atoms with Gasteiger partial charge < -0.3 is 9.80 Å². The van der Waals surface area contributed by atoms with E-state index in [0.29, 0.717) is 12.2 Å². The summed E-state index contributed by atoms with van der Waals surface area (Å²) in [4.78, 5) is 21.3. The van der Waals surface area contributed by atoms with Gasteiger partial charge in [-0.1, -0.05) is 12.1 Å². The van der Waals surface area contributed by atoms with E-state index in [0.717, 1.165) is 41.7 Å². The Morgan fingerprint density at radius 3 is 2.93 bits per heavy atom. The van der Waals surface area contributed by atoms with Crippen LogP contribution in [0.2, 0.25) is 0 Å². The van der Waals surface area contributed by atoms with Crippen molar-refractivity contribution in [2.45, 2.75) is 31.3 Å². The standard InChI is InChI=1S/C21H22FN5O/c1-25(2)12-21(28)26-15-6-7-18(26)16-11-23-20-10-17(24-27(20)19(16)9-15)13-4-3-5-14(22)8-13/h3-5,8,10-11,15,18H,6-7,9,12H2,1-2H3/t15-,18+/m0/s1. The van der Waals surface area contributed by atoms with E-state index < -0.39 is 0 Å². The molecule has 3 aromatic rings. The molecule has 0 unspecified atom stereocenters. The number of benzene rings is 1. The number of halogens is 1. The number of carbonyl (C=O) groups excluding carboxylic acids is 1. The van der Waals surface area contributed by atoms with Gasteiger partial charge in [-0.2, -0.15) is 5.10 Å². The molecule has 5 rings (SSSR count). The van der Waals surface area contributed by atoms with Crippen molar-refractivity contribution < 1.29 is 9.18 Å². The number of fused-ring (bicyclic) bond motifs is 6. The molecule has 1 saturated heterocycles. The molecule has 2 aromatic heterocycles. The molecule has 2 atom stereocenters. The highest BCUT2D eigenvalue weighted by Crippen LogP contribution is 2.43. The molecular weight excluding hydrogens is 357 g/mol. The van der Waals surface area contributed by atoms with Crippen molar-refractivity contribution in [1.29, 1.82) is 0 Å². The Bertz CT molecular complexity index is 1080. The van der Waals surface area contributed by atoms with Gasteiger partial charge in [0.2, 0.25) is 5.91 Å². The van der Waals surface area contributed by atoms with Gasteiger partial charge in [-0.15, -0.1) is 0 Å². The molecule has 0 saturated carbocycles. The molecule has 0 spiro atoms. The summed E-state index contributed by atoms with van der Waals surface area (Å²) in [5.74, 6) is -0.109. The summed E-state index contributed by atoms with van der Waals surface area (Å²) in [5, 5.41) is 4.73. The maximum absolute atomic E-state index is 13.6. The van der Waals surface area contributed by atoms with Crippen LogP contribution in [0.3, 0.4) is 0 Å². The fourth-order valence-corrected chi connectivity index (χ4v) is 4.61. The number of carbonyl (C=O) groups is 1. The van der Waals surface area contributed by atoms with Crippen LogP contribution >= 0.6 is 0 Å². The zero-order valence-corrected chi connectivity index (χ0v) is 16.0. The fourth-order valence-electron chi connectivity index (χ4n) is 4.61. The van der Waals surface area contributed by atoms with Crippen molar-refractivity contribution in [3.63, 3.8) is 0 Å². The lowest BCUT2D eigenvalue weighted by Gasteiger charge is -2.36.